The maximum absolute atomic E-state index is 12.7. The molecule has 29 heavy (non-hydrogen) atoms. The Balaban J connectivity index is 1.35. The summed E-state index contributed by atoms with van der Waals surface area (Å²) in [6.45, 7) is 3.41. The van der Waals surface area contributed by atoms with Crippen LogP contribution >= 0.6 is 0 Å². The Morgan fingerprint density at radius 1 is 1.00 bits per heavy atom. The van der Waals surface area contributed by atoms with Gasteiger partial charge in [0.25, 0.3) is 0 Å². The molecular formula is C23H27N3O3. The van der Waals surface area contributed by atoms with Gasteiger partial charge in [-0.05, 0) is 60.7 Å². The van der Waals surface area contributed by atoms with Gasteiger partial charge < -0.3 is 20.3 Å². The third kappa shape index (κ3) is 4.59. The molecule has 2 aromatic rings. The molecule has 3 aliphatic rings. The van der Waals surface area contributed by atoms with Crippen LogP contribution < -0.4 is 10.6 Å². The molecule has 3 saturated heterocycles. The second kappa shape index (κ2) is 8.66. The lowest BCUT2D eigenvalue weighted by molar-refractivity contribution is -0.125. The molecule has 0 aliphatic carbocycles. The Hall–Kier alpha value is -2.86. The number of fused-ring (bicyclic) bond motifs is 3. The standard InChI is InChI=1S/C23H27N3O3/c1-24-23(28)29-15-16-2-4-17(5-3-16)18-6-8-20(9-7-18)25-22(27)21-14-26-12-10-19(21)11-13-26/h2-9,19,21H,10-15H2,1H3,(H,24,28)(H,25,27)/t21-/m0/s1. The summed E-state index contributed by atoms with van der Waals surface area (Å²) >= 11 is 0. The largest absolute Gasteiger partial charge is 0.445 e. The molecule has 0 unspecified atom stereocenters. The van der Waals surface area contributed by atoms with E-state index in [1.54, 1.807) is 0 Å². The van der Waals surface area contributed by atoms with Crippen LogP contribution in [0.15, 0.2) is 48.5 Å². The SMILES string of the molecule is CNC(=O)OCc1ccc(-c2ccc(NC(=O)[C@H]3CN4CCC3CC4)cc2)cc1. The average Bonchev–Trinajstić information content (AvgIpc) is 2.79. The van der Waals surface area contributed by atoms with Gasteiger partial charge in [-0.1, -0.05) is 36.4 Å². The first kappa shape index (κ1) is 19.5. The monoisotopic (exact) mass is 393 g/mol. The van der Waals surface area contributed by atoms with Gasteiger partial charge in [-0.3, -0.25) is 4.79 Å². The number of nitrogens with one attached hydrogen (secondary N) is 2. The van der Waals surface area contributed by atoms with Crippen molar-refractivity contribution in [2.75, 3.05) is 32.0 Å². The van der Waals surface area contributed by atoms with E-state index in [4.69, 9.17) is 4.74 Å². The highest BCUT2D eigenvalue weighted by atomic mass is 16.5. The maximum atomic E-state index is 12.7. The Morgan fingerprint density at radius 2 is 1.62 bits per heavy atom. The minimum Gasteiger partial charge on any atom is -0.445 e. The Labute approximate surface area is 171 Å². The van der Waals surface area contributed by atoms with Crippen molar-refractivity contribution in [2.45, 2.75) is 19.4 Å². The minimum absolute atomic E-state index is 0.113. The van der Waals surface area contributed by atoms with Crippen molar-refractivity contribution in [1.82, 2.24) is 10.2 Å². The molecule has 1 atom stereocenters. The van der Waals surface area contributed by atoms with Gasteiger partial charge in [0.1, 0.15) is 6.61 Å². The Morgan fingerprint density at radius 3 is 2.17 bits per heavy atom. The molecule has 0 saturated carbocycles. The molecule has 2 amide bonds. The normalized spacial score (nSPS) is 22.7. The van der Waals surface area contributed by atoms with Gasteiger partial charge in [0.2, 0.25) is 5.91 Å². The fraction of sp³-hybridized carbons (Fsp3) is 0.391. The third-order valence-electron chi connectivity index (χ3n) is 6.01. The van der Waals surface area contributed by atoms with Crippen molar-refractivity contribution in [3.63, 3.8) is 0 Å². The summed E-state index contributed by atoms with van der Waals surface area (Å²) in [7, 11) is 1.54. The predicted molar refractivity (Wildman–Crippen MR) is 112 cm³/mol. The number of rotatable bonds is 5. The van der Waals surface area contributed by atoms with E-state index >= 15 is 0 Å². The number of hydrogen-bond donors (Lipinski definition) is 2. The first-order chi connectivity index (χ1) is 14.1. The molecule has 0 aromatic heterocycles. The number of carbonyl (C=O) groups excluding carboxylic acids is 2. The number of alkyl carbamates (subject to hydrolysis) is 1. The fourth-order valence-corrected chi connectivity index (χ4v) is 4.26. The van der Waals surface area contributed by atoms with E-state index in [-0.39, 0.29) is 18.4 Å². The zero-order valence-corrected chi connectivity index (χ0v) is 16.7. The van der Waals surface area contributed by atoms with Gasteiger partial charge in [-0.2, -0.15) is 0 Å². The molecule has 3 heterocycles. The molecule has 152 valence electrons. The van der Waals surface area contributed by atoms with E-state index in [1.165, 1.54) is 7.05 Å². The predicted octanol–water partition coefficient (Wildman–Crippen LogP) is 3.49. The van der Waals surface area contributed by atoms with Crippen LogP contribution in [0.4, 0.5) is 10.5 Å². The molecule has 6 nitrogen and oxygen atoms in total. The third-order valence-corrected chi connectivity index (χ3v) is 6.01. The molecule has 6 heteroatoms. The van der Waals surface area contributed by atoms with Crippen LogP contribution in [0, 0.1) is 11.8 Å². The van der Waals surface area contributed by atoms with Crippen molar-refractivity contribution >= 4 is 17.7 Å². The number of amides is 2. The van der Waals surface area contributed by atoms with E-state index in [9.17, 15) is 9.59 Å². The quantitative estimate of drug-likeness (QED) is 0.816. The second-order valence-corrected chi connectivity index (χ2v) is 7.83. The molecule has 2 N–H and O–H groups in total. The van der Waals surface area contributed by atoms with E-state index in [2.05, 4.69) is 15.5 Å². The summed E-state index contributed by atoms with van der Waals surface area (Å²) in [5.74, 6) is 0.791. The lowest BCUT2D eigenvalue weighted by Gasteiger charge is -2.43. The molecule has 3 fully saturated rings. The first-order valence-electron chi connectivity index (χ1n) is 10.2. The van der Waals surface area contributed by atoms with Gasteiger partial charge >= 0.3 is 6.09 Å². The number of hydrogen-bond acceptors (Lipinski definition) is 4. The van der Waals surface area contributed by atoms with Gasteiger partial charge in [0, 0.05) is 19.3 Å². The van der Waals surface area contributed by atoms with E-state index in [1.807, 2.05) is 48.5 Å². The molecule has 2 bridgehead atoms. The van der Waals surface area contributed by atoms with Gasteiger partial charge in [0.15, 0.2) is 0 Å². The first-order valence-corrected chi connectivity index (χ1v) is 10.2. The zero-order valence-electron chi connectivity index (χ0n) is 16.7. The molecule has 3 aliphatic heterocycles. The lowest BCUT2D eigenvalue weighted by Crippen LogP contribution is -2.51. The van der Waals surface area contributed by atoms with Crippen LogP contribution in [-0.2, 0) is 16.1 Å². The summed E-state index contributed by atoms with van der Waals surface area (Å²) in [6, 6.07) is 15.8. The zero-order chi connectivity index (χ0) is 20.2. The maximum Gasteiger partial charge on any atom is 0.407 e. The highest BCUT2D eigenvalue weighted by molar-refractivity contribution is 5.93. The number of nitrogens with zero attached hydrogens (tertiary/aromatic N) is 1. The van der Waals surface area contributed by atoms with E-state index in [0.717, 1.165) is 54.9 Å². The number of benzene rings is 2. The number of carbonyl (C=O) groups is 2. The highest BCUT2D eigenvalue weighted by Gasteiger charge is 2.38. The number of ether oxygens (including phenoxy) is 1. The topological polar surface area (TPSA) is 70.7 Å². The van der Waals surface area contributed by atoms with E-state index in [0.29, 0.717) is 5.92 Å². The van der Waals surface area contributed by atoms with Crippen molar-refractivity contribution in [3.05, 3.63) is 54.1 Å². The van der Waals surface area contributed by atoms with Crippen molar-refractivity contribution in [2.24, 2.45) is 11.8 Å². The second-order valence-electron chi connectivity index (χ2n) is 7.83. The fourth-order valence-electron chi connectivity index (χ4n) is 4.26. The highest BCUT2D eigenvalue weighted by Crippen LogP contribution is 2.33. The van der Waals surface area contributed by atoms with Crippen LogP contribution in [0.2, 0.25) is 0 Å². The molecule has 0 spiro atoms. The smallest absolute Gasteiger partial charge is 0.407 e. The summed E-state index contributed by atoms with van der Waals surface area (Å²) in [4.78, 5) is 26.3. The number of anilines is 1. The van der Waals surface area contributed by atoms with Gasteiger partial charge in [0.05, 0.1) is 5.92 Å². The summed E-state index contributed by atoms with van der Waals surface area (Å²) < 4.78 is 5.05. The van der Waals surface area contributed by atoms with Crippen LogP contribution in [0.1, 0.15) is 18.4 Å². The Bertz CT molecular complexity index is 856. The summed E-state index contributed by atoms with van der Waals surface area (Å²) in [5, 5.41) is 5.52. The average molecular weight is 393 g/mol. The van der Waals surface area contributed by atoms with Crippen molar-refractivity contribution < 1.29 is 14.3 Å². The van der Waals surface area contributed by atoms with Crippen LogP contribution in [0.25, 0.3) is 11.1 Å². The number of piperidine rings is 3. The minimum atomic E-state index is -0.440. The van der Waals surface area contributed by atoms with Gasteiger partial charge in [-0.25, -0.2) is 4.79 Å². The molecule has 2 aromatic carbocycles. The molecular weight excluding hydrogens is 366 g/mol. The van der Waals surface area contributed by atoms with Crippen LogP contribution in [-0.4, -0.2) is 43.6 Å². The van der Waals surface area contributed by atoms with Gasteiger partial charge in [-0.15, -0.1) is 0 Å². The summed E-state index contributed by atoms with van der Waals surface area (Å²) in [5.41, 5.74) is 3.91. The molecule has 0 radical (unpaired) electrons. The lowest BCUT2D eigenvalue weighted by atomic mass is 9.78. The van der Waals surface area contributed by atoms with Crippen molar-refractivity contribution in [1.29, 1.82) is 0 Å². The van der Waals surface area contributed by atoms with Crippen LogP contribution in [0.3, 0.4) is 0 Å². The summed E-state index contributed by atoms with van der Waals surface area (Å²) in [6.07, 6.45) is 1.84. The van der Waals surface area contributed by atoms with E-state index < -0.39 is 6.09 Å². The van der Waals surface area contributed by atoms with Crippen LogP contribution in [0.5, 0.6) is 0 Å². The molecule has 5 rings (SSSR count). The Kier molecular flexibility index (Phi) is 5.81. The van der Waals surface area contributed by atoms with Crippen molar-refractivity contribution in [3.8, 4) is 11.1 Å².